The number of nitrogens with two attached hydrogens (primary N) is 1. The topological polar surface area (TPSA) is 97.0 Å². The SMILES string of the molecule is NC(=O)CN1CCCC(c2nccnc2Nc2nccs2)C1. The molecular weight excluding hydrogens is 300 g/mol. The van der Waals surface area contributed by atoms with Gasteiger partial charge in [0.05, 0.1) is 12.2 Å². The molecule has 0 saturated carbocycles. The van der Waals surface area contributed by atoms with Crippen LogP contribution in [0.3, 0.4) is 0 Å². The number of aromatic nitrogens is 3. The predicted molar refractivity (Wildman–Crippen MR) is 85.0 cm³/mol. The summed E-state index contributed by atoms with van der Waals surface area (Å²) < 4.78 is 0. The van der Waals surface area contributed by atoms with E-state index in [1.807, 2.05) is 5.38 Å². The van der Waals surface area contributed by atoms with Crippen molar-refractivity contribution in [3.8, 4) is 0 Å². The number of nitrogens with zero attached hydrogens (tertiary/aromatic N) is 4. The summed E-state index contributed by atoms with van der Waals surface area (Å²) in [6.45, 7) is 1.97. The van der Waals surface area contributed by atoms with E-state index in [1.165, 1.54) is 11.3 Å². The molecule has 1 saturated heterocycles. The summed E-state index contributed by atoms with van der Waals surface area (Å²) in [7, 11) is 0. The zero-order valence-electron chi connectivity index (χ0n) is 12.1. The number of anilines is 2. The molecule has 1 aliphatic heterocycles. The zero-order chi connectivity index (χ0) is 15.4. The Hall–Kier alpha value is -2.06. The molecule has 3 N–H and O–H groups in total. The molecule has 3 rings (SSSR count). The van der Waals surface area contributed by atoms with Crippen LogP contribution in [0.2, 0.25) is 0 Å². The number of piperidine rings is 1. The molecule has 1 amide bonds. The first kappa shape index (κ1) is 14.9. The standard InChI is InChI=1S/C14H18N6OS/c15-11(21)9-20-6-1-2-10(8-20)12-13(17-4-3-16-12)19-14-18-5-7-22-14/h3-5,7,10H,1-2,6,8-9H2,(H2,15,21)(H,17,18,19). The highest BCUT2D eigenvalue weighted by Gasteiger charge is 2.25. The minimum atomic E-state index is -0.291. The van der Waals surface area contributed by atoms with Crippen LogP contribution in [0.25, 0.3) is 0 Å². The van der Waals surface area contributed by atoms with Gasteiger partial charge in [0.1, 0.15) is 0 Å². The van der Waals surface area contributed by atoms with Crippen LogP contribution in [0.5, 0.6) is 0 Å². The summed E-state index contributed by atoms with van der Waals surface area (Å²) in [5.74, 6) is 0.688. The van der Waals surface area contributed by atoms with Crippen molar-refractivity contribution < 1.29 is 4.79 Å². The molecule has 116 valence electrons. The normalized spacial score (nSPS) is 19.0. The maximum absolute atomic E-state index is 11.1. The maximum atomic E-state index is 11.1. The van der Waals surface area contributed by atoms with Gasteiger partial charge in [-0.2, -0.15) is 0 Å². The molecule has 0 aromatic carbocycles. The largest absolute Gasteiger partial charge is 0.369 e. The van der Waals surface area contributed by atoms with E-state index in [1.54, 1.807) is 18.6 Å². The van der Waals surface area contributed by atoms with Gasteiger partial charge in [0.2, 0.25) is 5.91 Å². The fourth-order valence-electron chi connectivity index (χ4n) is 2.77. The molecule has 8 heteroatoms. The zero-order valence-corrected chi connectivity index (χ0v) is 12.9. The Labute approximate surface area is 132 Å². The Morgan fingerprint density at radius 2 is 2.23 bits per heavy atom. The highest BCUT2D eigenvalue weighted by molar-refractivity contribution is 7.13. The monoisotopic (exact) mass is 318 g/mol. The summed E-state index contributed by atoms with van der Waals surface area (Å²) in [6.07, 6.45) is 7.17. The van der Waals surface area contributed by atoms with Crippen LogP contribution in [0.1, 0.15) is 24.5 Å². The molecular formula is C14H18N6OS. The lowest BCUT2D eigenvalue weighted by Crippen LogP contribution is -2.40. The minimum Gasteiger partial charge on any atom is -0.369 e. The van der Waals surface area contributed by atoms with Crippen LogP contribution in [0, 0.1) is 0 Å². The number of carbonyl (C=O) groups excluding carboxylic acids is 1. The van der Waals surface area contributed by atoms with Crippen molar-refractivity contribution in [1.82, 2.24) is 19.9 Å². The van der Waals surface area contributed by atoms with Crippen molar-refractivity contribution in [2.45, 2.75) is 18.8 Å². The molecule has 3 heterocycles. The number of amides is 1. The summed E-state index contributed by atoms with van der Waals surface area (Å²) in [5, 5.41) is 5.94. The molecule has 0 radical (unpaired) electrons. The summed E-state index contributed by atoms with van der Waals surface area (Å²) >= 11 is 1.52. The van der Waals surface area contributed by atoms with Gasteiger partial charge < -0.3 is 11.1 Å². The average Bonchev–Trinajstić information content (AvgIpc) is 3.00. The molecule has 22 heavy (non-hydrogen) atoms. The van der Waals surface area contributed by atoms with Crippen LogP contribution in [0.4, 0.5) is 10.9 Å². The predicted octanol–water partition coefficient (Wildman–Crippen LogP) is 1.34. The number of nitrogens with one attached hydrogen (secondary N) is 1. The molecule has 1 aliphatic rings. The Bertz CT molecular complexity index is 632. The quantitative estimate of drug-likeness (QED) is 0.863. The first-order valence-corrected chi connectivity index (χ1v) is 8.08. The van der Waals surface area contributed by atoms with Gasteiger partial charge in [0, 0.05) is 36.4 Å². The highest BCUT2D eigenvalue weighted by atomic mass is 32.1. The molecule has 2 aromatic rings. The van der Waals surface area contributed by atoms with Crippen LogP contribution >= 0.6 is 11.3 Å². The molecule has 2 aromatic heterocycles. The number of hydrogen-bond donors (Lipinski definition) is 2. The van der Waals surface area contributed by atoms with Gasteiger partial charge in [0.15, 0.2) is 10.9 Å². The molecule has 0 aliphatic carbocycles. The average molecular weight is 318 g/mol. The number of thiazole rings is 1. The van der Waals surface area contributed by atoms with Gasteiger partial charge in [0.25, 0.3) is 0 Å². The number of hydrogen-bond acceptors (Lipinski definition) is 7. The summed E-state index contributed by atoms with van der Waals surface area (Å²) in [5.41, 5.74) is 6.22. The van der Waals surface area contributed by atoms with Gasteiger partial charge in [-0.05, 0) is 19.4 Å². The van der Waals surface area contributed by atoms with E-state index in [0.717, 1.165) is 42.6 Å². The highest BCUT2D eigenvalue weighted by Crippen LogP contribution is 2.30. The fourth-order valence-corrected chi connectivity index (χ4v) is 3.30. The van der Waals surface area contributed by atoms with Gasteiger partial charge in [-0.15, -0.1) is 11.3 Å². The molecule has 0 spiro atoms. The smallest absolute Gasteiger partial charge is 0.231 e. The van der Waals surface area contributed by atoms with E-state index in [-0.39, 0.29) is 11.8 Å². The lowest BCUT2D eigenvalue weighted by Gasteiger charge is -2.31. The third-order valence-corrected chi connectivity index (χ3v) is 4.34. The second kappa shape index (κ2) is 6.80. The number of carbonyl (C=O) groups is 1. The van der Waals surface area contributed by atoms with E-state index in [9.17, 15) is 4.79 Å². The minimum absolute atomic E-state index is 0.240. The van der Waals surface area contributed by atoms with Crippen molar-refractivity contribution in [2.24, 2.45) is 5.73 Å². The molecule has 7 nitrogen and oxygen atoms in total. The molecule has 1 fully saturated rings. The van der Waals surface area contributed by atoms with Crippen LogP contribution in [-0.2, 0) is 4.79 Å². The third-order valence-electron chi connectivity index (χ3n) is 3.66. The second-order valence-corrected chi connectivity index (χ2v) is 6.19. The number of primary amides is 1. The Morgan fingerprint density at radius 1 is 1.36 bits per heavy atom. The van der Waals surface area contributed by atoms with E-state index in [4.69, 9.17) is 5.73 Å². The molecule has 1 unspecified atom stereocenters. The lowest BCUT2D eigenvalue weighted by atomic mass is 9.94. The lowest BCUT2D eigenvalue weighted by molar-refractivity contribution is -0.119. The van der Waals surface area contributed by atoms with Crippen molar-refractivity contribution in [3.63, 3.8) is 0 Å². The summed E-state index contributed by atoms with van der Waals surface area (Å²) in [4.78, 5) is 26.3. The molecule has 0 bridgehead atoms. The Kier molecular flexibility index (Phi) is 4.59. The van der Waals surface area contributed by atoms with Crippen LogP contribution < -0.4 is 11.1 Å². The van der Waals surface area contributed by atoms with Crippen molar-refractivity contribution >= 4 is 28.2 Å². The van der Waals surface area contributed by atoms with Crippen molar-refractivity contribution in [2.75, 3.05) is 25.0 Å². The maximum Gasteiger partial charge on any atom is 0.231 e. The second-order valence-electron chi connectivity index (χ2n) is 5.29. The van der Waals surface area contributed by atoms with E-state index in [0.29, 0.717) is 6.54 Å². The van der Waals surface area contributed by atoms with Gasteiger partial charge in [-0.1, -0.05) is 0 Å². The van der Waals surface area contributed by atoms with Crippen molar-refractivity contribution in [1.29, 1.82) is 0 Å². The van der Waals surface area contributed by atoms with Crippen LogP contribution in [0.15, 0.2) is 24.0 Å². The van der Waals surface area contributed by atoms with E-state index < -0.39 is 0 Å². The van der Waals surface area contributed by atoms with Crippen molar-refractivity contribution in [3.05, 3.63) is 29.7 Å². The first-order valence-electron chi connectivity index (χ1n) is 7.20. The fraction of sp³-hybridized carbons (Fsp3) is 0.429. The first-order chi connectivity index (χ1) is 10.7. The van der Waals surface area contributed by atoms with E-state index in [2.05, 4.69) is 25.2 Å². The van der Waals surface area contributed by atoms with Crippen LogP contribution in [-0.4, -0.2) is 45.4 Å². The van der Waals surface area contributed by atoms with Gasteiger partial charge >= 0.3 is 0 Å². The number of rotatable bonds is 5. The van der Waals surface area contributed by atoms with E-state index >= 15 is 0 Å². The molecule has 1 atom stereocenters. The summed E-state index contributed by atoms with van der Waals surface area (Å²) in [6, 6.07) is 0. The Balaban J connectivity index is 1.77. The number of likely N-dealkylation sites (tertiary alicyclic amines) is 1. The van der Waals surface area contributed by atoms with Gasteiger partial charge in [-0.3, -0.25) is 14.7 Å². The van der Waals surface area contributed by atoms with Gasteiger partial charge in [-0.25, -0.2) is 9.97 Å². The Morgan fingerprint density at radius 3 is 3.00 bits per heavy atom. The third kappa shape index (κ3) is 3.58.